The average molecular weight is 221 g/mol. The number of benzene rings is 1. The number of aliphatic carboxylic acids is 1. The van der Waals surface area contributed by atoms with E-state index in [0.717, 1.165) is 12.2 Å². The lowest BCUT2D eigenvalue weighted by atomic mass is 10.2. The highest BCUT2D eigenvalue weighted by molar-refractivity contribution is 6.02. The van der Waals surface area contributed by atoms with E-state index in [1.165, 1.54) is 12.1 Å². The van der Waals surface area contributed by atoms with E-state index >= 15 is 0 Å². The fourth-order valence-corrected chi connectivity index (χ4v) is 1.06. The Morgan fingerprint density at radius 3 is 2.56 bits per heavy atom. The van der Waals surface area contributed by atoms with Crippen LogP contribution in [0.4, 0.5) is 5.69 Å². The molecule has 0 aliphatic heterocycles. The molecule has 0 bridgehead atoms. The quantitative estimate of drug-likeness (QED) is 0.530. The number of hydrogen-bond acceptors (Lipinski definition) is 3. The summed E-state index contributed by atoms with van der Waals surface area (Å²) in [5, 5.41) is 20.0. The molecule has 5 nitrogen and oxygen atoms in total. The summed E-state index contributed by atoms with van der Waals surface area (Å²) in [7, 11) is 0. The molecule has 0 aliphatic carbocycles. The van der Waals surface area contributed by atoms with E-state index < -0.39 is 11.9 Å². The van der Waals surface area contributed by atoms with Crippen LogP contribution >= 0.6 is 0 Å². The maximum absolute atomic E-state index is 11.2. The van der Waals surface area contributed by atoms with Gasteiger partial charge in [0, 0.05) is 17.8 Å². The normalized spacial score (nSPS) is 10.3. The van der Waals surface area contributed by atoms with Gasteiger partial charge in [0.05, 0.1) is 0 Å². The van der Waals surface area contributed by atoms with Gasteiger partial charge in [0.2, 0.25) is 5.91 Å². The molecule has 1 aromatic rings. The second-order valence-corrected chi connectivity index (χ2v) is 3.16. The number of phenols is 1. The SMILES string of the molecule is Cc1cc(NC(=O)C=CC(=O)O)ccc1O. The molecule has 0 aliphatic rings. The Hall–Kier alpha value is -2.30. The summed E-state index contributed by atoms with van der Waals surface area (Å²) < 4.78 is 0. The zero-order chi connectivity index (χ0) is 12.1. The van der Waals surface area contributed by atoms with Crippen molar-refractivity contribution < 1.29 is 19.8 Å². The Bertz CT molecular complexity index is 451. The number of carbonyl (C=O) groups is 2. The summed E-state index contributed by atoms with van der Waals surface area (Å²) in [4.78, 5) is 21.3. The second kappa shape index (κ2) is 4.97. The van der Waals surface area contributed by atoms with E-state index in [1.807, 2.05) is 0 Å². The molecular weight excluding hydrogens is 210 g/mol. The zero-order valence-electron chi connectivity index (χ0n) is 8.60. The van der Waals surface area contributed by atoms with Gasteiger partial charge in [-0.05, 0) is 30.7 Å². The van der Waals surface area contributed by atoms with E-state index in [2.05, 4.69) is 5.32 Å². The number of phenolic OH excluding ortho intramolecular Hbond substituents is 1. The molecule has 0 fully saturated rings. The molecule has 16 heavy (non-hydrogen) atoms. The number of amides is 1. The van der Waals surface area contributed by atoms with Gasteiger partial charge in [-0.25, -0.2) is 4.79 Å². The number of aromatic hydroxyl groups is 1. The number of carbonyl (C=O) groups excluding carboxylic acids is 1. The molecule has 0 atom stereocenters. The Morgan fingerprint density at radius 1 is 1.31 bits per heavy atom. The smallest absolute Gasteiger partial charge is 0.328 e. The molecule has 1 rings (SSSR count). The van der Waals surface area contributed by atoms with Gasteiger partial charge in [0.25, 0.3) is 0 Å². The number of hydrogen-bond donors (Lipinski definition) is 3. The predicted molar refractivity (Wildman–Crippen MR) is 58.2 cm³/mol. The monoisotopic (exact) mass is 221 g/mol. The minimum absolute atomic E-state index is 0.138. The molecule has 5 heteroatoms. The minimum Gasteiger partial charge on any atom is -0.508 e. The van der Waals surface area contributed by atoms with Crippen LogP contribution < -0.4 is 5.32 Å². The third-order valence-corrected chi connectivity index (χ3v) is 1.84. The fourth-order valence-electron chi connectivity index (χ4n) is 1.06. The third kappa shape index (κ3) is 3.45. The number of rotatable bonds is 3. The first-order valence-corrected chi connectivity index (χ1v) is 4.50. The topological polar surface area (TPSA) is 86.6 Å². The molecule has 0 unspecified atom stereocenters. The highest BCUT2D eigenvalue weighted by Crippen LogP contribution is 2.19. The number of aryl methyl sites for hydroxylation is 1. The van der Waals surface area contributed by atoms with Gasteiger partial charge in [0.1, 0.15) is 5.75 Å². The summed E-state index contributed by atoms with van der Waals surface area (Å²) in [6.45, 7) is 1.69. The van der Waals surface area contributed by atoms with Crippen LogP contribution in [-0.2, 0) is 9.59 Å². The molecule has 1 amide bonds. The van der Waals surface area contributed by atoms with Crippen molar-refractivity contribution in [2.24, 2.45) is 0 Å². The van der Waals surface area contributed by atoms with Crippen LogP contribution in [0.2, 0.25) is 0 Å². The Labute approximate surface area is 92.0 Å². The van der Waals surface area contributed by atoms with Crippen LogP contribution in [0, 0.1) is 6.92 Å². The van der Waals surface area contributed by atoms with Crippen LogP contribution in [0.15, 0.2) is 30.4 Å². The molecular formula is C11H11NO4. The van der Waals surface area contributed by atoms with Crippen molar-refractivity contribution in [2.75, 3.05) is 5.32 Å². The van der Waals surface area contributed by atoms with E-state index in [4.69, 9.17) is 5.11 Å². The molecule has 1 aromatic carbocycles. The Morgan fingerprint density at radius 2 is 2.00 bits per heavy atom. The molecule has 84 valence electrons. The van der Waals surface area contributed by atoms with Gasteiger partial charge in [-0.15, -0.1) is 0 Å². The van der Waals surface area contributed by atoms with Crippen LogP contribution in [0.25, 0.3) is 0 Å². The summed E-state index contributed by atoms with van der Waals surface area (Å²) in [5.41, 5.74) is 1.12. The first-order valence-electron chi connectivity index (χ1n) is 4.50. The van der Waals surface area contributed by atoms with E-state index in [-0.39, 0.29) is 5.75 Å². The standard InChI is InChI=1S/C11H11NO4/c1-7-6-8(2-3-9(7)13)12-10(14)4-5-11(15)16/h2-6,13H,1H3,(H,12,14)(H,15,16). The van der Waals surface area contributed by atoms with E-state index in [1.54, 1.807) is 13.0 Å². The van der Waals surface area contributed by atoms with Crippen LogP contribution in [0.5, 0.6) is 5.75 Å². The summed E-state index contributed by atoms with van der Waals surface area (Å²) >= 11 is 0. The molecule has 0 aromatic heterocycles. The summed E-state index contributed by atoms with van der Waals surface area (Å²) in [5.74, 6) is -1.58. The number of nitrogens with one attached hydrogen (secondary N) is 1. The van der Waals surface area contributed by atoms with Crippen LogP contribution in [-0.4, -0.2) is 22.1 Å². The van der Waals surface area contributed by atoms with Crippen molar-refractivity contribution in [3.05, 3.63) is 35.9 Å². The Kier molecular flexibility index (Phi) is 3.66. The maximum atomic E-state index is 11.2. The third-order valence-electron chi connectivity index (χ3n) is 1.84. The molecule has 0 saturated carbocycles. The van der Waals surface area contributed by atoms with Crippen LogP contribution in [0.3, 0.4) is 0 Å². The lowest BCUT2D eigenvalue weighted by molar-refractivity contribution is -0.131. The summed E-state index contributed by atoms with van der Waals surface area (Å²) in [6.07, 6.45) is 1.67. The molecule has 0 radical (unpaired) electrons. The summed E-state index contributed by atoms with van der Waals surface area (Å²) in [6, 6.07) is 4.56. The zero-order valence-corrected chi connectivity index (χ0v) is 8.60. The lowest BCUT2D eigenvalue weighted by Crippen LogP contribution is -2.08. The molecule has 0 spiro atoms. The fraction of sp³-hybridized carbons (Fsp3) is 0.0909. The number of carboxylic acids is 1. The van der Waals surface area contributed by atoms with Crippen LogP contribution in [0.1, 0.15) is 5.56 Å². The highest BCUT2D eigenvalue weighted by atomic mass is 16.4. The van der Waals surface area contributed by atoms with Gasteiger partial charge in [0.15, 0.2) is 0 Å². The van der Waals surface area contributed by atoms with E-state index in [9.17, 15) is 14.7 Å². The van der Waals surface area contributed by atoms with Crippen molar-refractivity contribution in [2.45, 2.75) is 6.92 Å². The highest BCUT2D eigenvalue weighted by Gasteiger charge is 2.01. The molecule has 0 saturated heterocycles. The van der Waals surface area contributed by atoms with Crippen molar-refractivity contribution in [1.82, 2.24) is 0 Å². The van der Waals surface area contributed by atoms with E-state index in [0.29, 0.717) is 11.3 Å². The predicted octanol–water partition coefficient (Wildman–Crippen LogP) is 1.28. The van der Waals surface area contributed by atoms with Gasteiger partial charge >= 0.3 is 5.97 Å². The minimum atomic E-state index is -1.18. The van der Waals surface area contributed by atoms with Crippen molar-refractivity contribution in [1.29, 1.82) is 0 Å². The average Bonchev–Trinajstić information content (AvgIpc) is 2.21. The number of carboxylic acid groups (broad SMARTS) is 1. The van der Waals surface area contributed by atoms with Gasteiger partial charge in [-0.3, -0.25) is 4.79 Å². The second-order valence-electron chi connectivity index (χ2n) is 3.16. The van der Waals surface area contributed by atoms with Crippen molar-refractivity contribution in [3.8, 4) is 5.75 Å². The first-order chi connectivity index (χ1) is 7.49. The maximum Gasteiger partial charge on any atom is 0.328 e. The van der Waals surface area contributed by atoms with Gasteiger partial charge in [-0.1, -0.05) is 0 Å². The lowest BCUT2D eigenvalue weighted by Gasteiger charge is -2.04. The van der Waals surface area contributed by atoms with Crippen molar-refractivity contribution >= 4 is 17.6 Å². The van der Waals surface area contributed by atoms with Crippen molar-refractivity contribution in [3.63, 3.8) is 0 Å². The largest absolute Gasteiger partial charge is 0.508 e. The molecule has 0 heterocycles. The van der Waals surface area contributed by atoms with Gasteiger partial charge in [-0.2, -0.15) is 0 Å². The Balaban J connectivity index is 2.70. The van der Waals surface area contributed by atoms with Gasteiger partial charge < -0.3 is 15.5 Å². The number of anilines is 1. The first kappa shape index (κ1) is 11.8. The molecule has 3 N–H and O–H groups in total.